The van der Waals surface area contributed by atoms with Crippen LogP contribution in [0, 0.1) is 11.6 Å². The van der Waals surface area contributed by atoms with Crippen molar-refractivity contribution >= 4 is 15.9 Å². The maximum Gasteiger partial charge on any atom is 0.167 e. The summed E-state index contributed by atoms with van der Waals surface area (Å²) in [5.41, 5.74) is 6.06. The molecule has 0 bridgehead atoms. The predicted octanol–water partition coefficient (Wildman–Crippen LogP) is 3.98. The molecule has 0 saturated heterocycles. The number of halogens is 3. The molecule has 0 aliphatic carbocycles. The van der Waals surface area contributed by atoms with Crippen LogP contribution in [0.3, 0.4) is 0 Å². The quantitative estimate of drug-likeness (QED) is 0.930. The van der Waals surface area contributed by atoms with Crippen LogP contribution in [0.25, 0.3) is 0 Å². The summed E-state index contributed by atoms with van der Waals surface area (Å²) in [4.78, 5) is 0. The fourth-order valence-electron chi connectivity index (χ4n) is 1.49. The number of ether oxygens (including phenoxy) is 1. The number of nitrogens with two attached hydrogens (primary N) is 1. The Morgan fingerprint density at radius 1 is 1.11 bits per heavy atom. The van der Waals surface area contributed by atoms with Crippen LogP contribution in [-0.2, 0) is 6.54 Å². The van der Waals surface area contributed by atoms with E-state index in [2.05, 4.69) is 15.9 Å². The molecule has 0 unspecified atom stereocenters. The van der Waals surface area contributed by atoms with Gasteiger partial charge in [-0.15, -0.1) is 0 Å². The highest BCUT2D eigenvalue weighted by atomic mass is 79.9. The summed E-state index contributed by atoms with van der Waals surface area (Å²) in [6.45, 7) is 0.162. The van der Waals surface area contributed by atoms with E-state index in [0.717, 1.165) is 0 Å². The normalized spacial score (nSPS) is 10.4. The Hall–Kier alpha value is -1.46. The summed E-state index contributed by atoms with van der Waals surface area (Å²) in [5.74, 6) is -0.505. The third kappa shape index (κ3) is 2.68. The van der Waals surface area contributed by atoms with E-state index in [-0.39, 0.29) is 16.8 Å². The highest BCUT2D eigenvalue weighted by Gasteiger charge is 2.10. The van der Waals surface area contributed by atoms with Crippen LogP contribution in [0.15, 0.2) is 40.9 Å². The highest BCUT2D eigenvalue weighted by Crippen LogP contribution is 2.30. The van der Waals surface area contributed by atoms with Gasteiger partial charge in [0.1, 0.15) is 11.6 Å². The topological polar surface area (TPSA) is 35.2 Å². The first-order valence-electron chi connectivity index (χ1n) is 5.22. The van der Waals surface area contributed by atoms with Crippen molar-refractivity contribution in [1.29, 1.82) is 0 Å². The van der Waals surface area contributed by atoms with Crippen LogP contribution in [0.4, 0.5) is 8.78 Å². The molecule has 0 heterocycles. The molecule has 2 nitrogen and oxygen atoms in total. The van der Waals surface area contributed by atoms with E-state index < -0.39 is 11.6 Å². The molecule has 2 N–H and O–H groups in total. The van der Waals surface area contributed by atoms with Crippen molar-refractivity contribution in [1.82, 2.24) is 0 Å². The van der Waals surface area contributed by atoms with Gasteiger partial charge in [-0.25, -0.2) is 8.78 Å². The standard InChI is InChI=1S/C13H10BrF2NO/c14-10-6-9(4-5-11(10)15)18-13-8(7-17)2-1-3-12(13)16/h1-6H,7,17H2. The minimum Gasteiger partial charge on any atom is -0.454 e. The highest BCUT2D eigenvalue weighted by molar-refractivity contribution is 9.10. The average molecular weight is 314 g/mol. The molecular formula is C13H10BrF2NO. The molecule has 0 aliphatic heterocycles. The van der Waals surface area contributed by atoms with Crippen molar-refractivity contribution < 1.29 is 13.5 Å². The molecule has 0 aromatic heterocycles. The van der Waals surface area contributed by atoms with Gasteiger partial charge in [-0.3, -0.25) is 0 Å². The number of benzene rings is 2. The van der Waals surface area contributed by atoms with E-state index in [0.29, 0.717) is 11.3 Å². The Morgan fingerprint density at radius 2 is 1.89 bits per heavy atom. The summed E-state index contributed by atoms with van der Waals surface area (Å²) in [7, 11) is 0. The summed E-state index contributed by atoms with van der Waals surface area (Å²) in [6, 6.07) is 8.62. The lowest BCUT2D eigenvalue weighted by Crippen LogP contribution is -2.01. The summed E-state index contributed by atoms with van der Waals surface area (Å²) in [6.07, 6.45) is 0. The first kappa shape index (κ1) is 13.0. The van der Waals surface area contributed by atoms with E-state index in [1.165, 1.54) is 24.3 Å². The third-order valence-electron chi connectivity index (χ3n) is 2.38. The van der Waals surface area contributed by atoms with Crippen molar-refractivity contribution in [3.05, 3.63) is 58.1 Å². The second-order valence-corrected chi connectivity index (χ2v) is 4.46. The molecule has 0 aliphatic rings. The zero-order valence-electron chi connectivity index (χ0n) is 9.29. The third-order valence-corrected chi connectivity index (χ3v) is 2.99. The first-order chi connectivity index (χ1) is 8.61. The monoisotopic (exact) mass is 313 g/mol. The van der Waals surface area contributed by atoms with Gasteiger partial charge < -0.3 is 10.5 Å². The van der Waals surface area contributed by atoms with Gasteiger partial charge in [0.2, 0.25) is 0 Å². The van der Waals surface area contributed by atoms with Crippen molar-refractivity contribution in [2.75, 3.05) is 0 Å². The van der Waals surface area contributed by atoms with Crippen molar-refractivity contribution in [3.8, 4) is 11.5 Å². The van der Waals surface area contributed by atoms with Crippen LogP contribution >= 0.6 is 15.9 Å². The van der Waals surface area contributed by atoms with Gasteiger partial charge in [-0.05, 0) is 40.2 Å². The average Bonchev–Trinajstić information content (AvgIpc) is 2.36. The second-order valence-electron chi connectivity index (χ2n) is 3.61. The lowest BCUT2D eigenvalue weighted by molar-refractivity contribution is 0.435. The van der Waals surface area contributed by atoms with E-state index in [9.17, 15) is 8.78 Å². The van der Waals surface area contributed by atoms with Crippen LogP contribution < -0.4 is 10.5 Å². The fourth-order valence-corrected chi connectivity index (χ4v) is 1.84. The van der Waals surface area contributed by atoms with Crippen LogP contribution in [0.2, 0.25) is 0 Å². The van der Waals surface area contributed by atoms with Gasteiger partial charge in [0.05, 0.1) is 4.47 Å². The van der Waals surface area contributed by atoms with Gasteiger partial charge in [-0.2, -0.15) is 0 Å². The first-order valence-corrected chi connectivity index (χ1v) is 6.01. The largest absolute Gasteiger partial charge is 0.454 e. The summed E-state index contributed by atoms with van der Waals surface area (Å²) >= 11 is 3.04. The van der Waals surface area contributed by atoms with E-state index in [4.69, 9.17) is 10.5 Å². The smallest absolute Gasteiger partial charge is 0.167 e. The molecule has 2 aromatic rings. The number of para-hydroxylation sites is 1. The van der Waals surface area contributed by atoms with Crippen LogP contribution in [0.1, 0.15) is 5.56 Å². The van der Waals surface area contributed by atoms with Crippen molar-refractivity contribution in [2.24, 2.45) is 5.73 Å². The van der Waals surface area contributed by atoms with Gasteiger partial charge in [0, 0.05) is 12.1 Å². The lowest BCUT2D eigenvalue weighted by Gasteiger charge is -2.11. The summed E-state index contributed by atoms with van der Waals surface area (Å²) in [5, 5.41) is 0. The van der Waals surface area contributed by atoms with Gasteiger partial charge in [-0.1, -0.05) is 12.1 Å². The SMILES string of the molecule is NCc1cccc(F)c1Oc1ccc(F)c(Br)c1. The number of hydrogen-bond acceptors (Lipinski definition) is 2. The molecule has 0 spiro atoms. The van der Waals surface area contributed by atoms with E-state index in [1.54, 1.807) is 12.1 Å². The molecular weight excluding hydrogens is 304 g/mol. The van der Waals surface area contributed by atoms with Gasteiger partial charge in [0.15, 0.2) is 11.6 Å². The van der Waals surface area contributed by atoms with E-state index >= 15 is 0 Å². The van der Waals surface area contributed by atoms with E-state index in [1.807, 2.05) is 0 Å². The molecule has 2 aromatic carbocycles. The Labute approximate surface area is 112 Å². The number of rotatable bonds is 3. The van der Waals surface area contributed by atoms with Crippen molar-refractivity contribution in [2.45, 2.75) is 6.54 Å². The second kappa shape index (κ2) is 5.46. The van der Waals surface area contributed by atoms with Crippen molar-refractivity contribution in [3.63, 3.8) is 0 Å². The molecule has 0 atom stereocenters. The zero-order valence-corrected chi connectivity index (χ0v) is 10.9. The van der Waals surface area contributed by atoms with Gasteiger partial charge in [0.25, 0.3) is 0 Å². The predicted molar refractivity (Wildman–Crippen MR) is 68.5 cm³/mol. The zero-order chi connectivity index (χ0) is 13.1. The maximum absolute atomic E-state index is 13.6. The molecule has 0 saturated carbocycles. The molecule has 94 valence electrons. The fraction of sp³-hybridized carbons (Fsp3) is 0.0769. The van der Waals surface area contributed by atoms with Crippen LogP contribution in [0.5, 0.6) is 11.5 Å². The minimum atomic E-state index is -0.501. The Balaban J connectivity index is 2.36. The van der Waals surface area contributed by atoms with Crippen LogP contribution in [-0.4, -0.2) is 0 Å². The lowest BCUT2D eigenvalue weighted by atomic mass is 10.2. The number of hydrogen-bond donors (Lipinski definition) is 1. The molecule has 0 amide bonds. The summed E-state index contributed by atoms with van der Waals surface area (Å²) < 4.78 is 32.4. The Kier molecular flexibility index (Phi) is 3.93. The molecule has 0 fully saturated rings. The molecule has 0 radical (unpaired) electrons. The molecule has 2 rings (SSSR count). The molecule has 5 heteroatoms. The Bertz CT molecular complexity index is 575. The minimum absolute atomic E-state index is 0.0681. The Morgan fingerprint density at radius 3 is 2.56 bits per heavy atom. The maximum atomic E-state index is 13.6. The van der Waals surface area contributed by atoms with Gasteiger partial charge >= 0.3 is 0 Å². The molecule has 18 heavy (non-hydrogen) atoms.